The Balaban J connectivity index is 2.48. The average Bonchev–Trinajstić information content (AvgIpc) is 2.69. The van der Waals surface area contributed by atoms with E-state index in [1.165, 1.54) is 24.2 Å². The molecule has 0 aromatic rings. The highest BCUT2D eigenvalue weighted by molar-refractivity contribution is 6.04. The second-order valence-electron chi connectivity index (χ2n) is 5.49. The number of unbranched alkanes of at least 4 members (excludes halogenated alkanes) is 5. The Hall–Kier alpha value is -1.14. The van der Waals surface area contributed by atoms with Crippen molar-refractivity contribution in [3.63, 3.8) is 0 Å². The van der Waals surface area contributed by atoms with E-state index in [0.717, 1.165) is 24.2 Å². The van der Waals surface area contributed by atoms with Crippen molar-refractivity contribution in [1.29, 1.82) is 0 Å². The van der Waals surface area contributed by atoms with Gasteiger partial charge in [-0.1, -0.05) is 45.4 Å². The van der Waals surface area contributed by atoms with Crippen LogP contribution < -0.4 is 0 Å². The molecule has 0 bridgehead atoms. The first-order chi connectivity index (χ1) is 10.2. The van der Waals surface area contributed by atoms with E-state index in [0.29, 0.717) is 6.42 Å². The van der Waals surface area contributed by atoms with Crippen molar-refractivity contribution >= 4 is 11.9 Å². The van der Waals surface area contributed by atoms with Crippen LogP contribution in [0.5, 0.6) is 0 Å². The molecule has 6 heteroatoms. The minimum absolute atomic E-state index is 0.0343. The van der Waals surface area contributed by atoms with Crippen LogP contribution in [-0.4, -0.2) is 64.3 Å². The topological polar surface area (TPSA) is 81.1 Å². The van der Waals surface area contributed by atoms with Crippen molar-refractivity contribution in [2.24, 2.45) is 0 Å². The van der Waals surface area contributed by atoms with E-state index in [-0.39, 0.29) is 38.2 Å². The summed E-state index contributed by atoms with van der Waals surface area (Å²) in [5.41, 5.74) is 0. The van der Waals surface area contributed by atoms with Crippen LogP contribution in [0.15, 0.2) is 0 Å². The van der Waals surface area contributed by atoms with Gasteiger partial charge in [0.25, 0.3) is 5.91 Å². The Morgan fingerprint density at radius 1 is 0.952 bits per heavy atom. The molecule has 0 aromatic heterocycles. The minimum atomic E-state index is -0.470. The van der Waals surface area contributed by atoms with Crippen molar-refractivity contribution in [2.75, 3.05) is 26.3 Å². The highest BCUT2D eigenvalue weighted by Crippen LogP contribution is 2.22. The maximum atomic E-state index is 12.2. The number of imide groups is 1. The highest BCUT2D eigenvalue weighted by Gasteiger charge is 2.43. The summed E-state index contributed by atoms with van der Waals surface area (Å²) < 4.78 is 0. The Labute approximate surface area is 126 Å². The molecule has 0 aromatic carbocycles. The summed E-state index contributed by atoms with van der Waals surface area (Å²) in [5.74, 6) is -0.240. The first kappa shape index (κ1) is 17.9. The molecule has 1 aliphatic rings. The average molecular weight is 300 g/mol. The van der Waals surface area contributed by atoms with Crippen LogP contribution in [0.4, 0.5) is 4.79 Å². The SMILES string of the molecule is CCCCCCCCC1C(=O)N(CCO)C(=O)N1CCO. The van der Waals surface area contributed by atoms with E-state index >= 15 is 0 Å². The zero-order chi connectivity index (χ0) is 15.7. The van der Waals surface area contributed by atoms with Crippen molar-refractivity contribution in [3.8, 4) is 0 Å². The first-order valence-corrected chi connectivity index (χ1v) is 8.01. The predicted molar refractivity (Wildman–Crippen MR) is 79.8 cm³/mol. The molecule has 1 saturated heterocycles. The lowest BCUT2D eigenvalue weighted by Crippen LogP contribution is -2.37. The summed E-state index contributed by atoms with van der Waals surface area (Å²) in [6, 6.07) is -0.860. The lowest BCUT2D eigenvalue weighted by atomic mass is 10.0. The number of rotatable bonds is 11. The third-order valence-corrected chi connectivity index (χ3v) is 3.90. The van der Waals surface area contributed by atoms with Gasteiger partial charge in [0.15, 0.2) is 0 Å². The van der Waals surface area contributed by atoms with Gasteiger partial charge >= 0.3 is 6.03 Å². The molecule has 1 aliphatic heterocycles. The standard InChI is InChI=1S/C15H28N2O4/c1-2-3-4-5-6-7-8-13-14(20)17(10-12-19)15(21)16(13)9-11-18/h13,18-19H,2-12H2,1H3. The van der Waals surface area contributed by atoms with Gasteiger partial charge in [-0.25, -0.2) is 4.79 Å². The Morgan fingerprint density at radius 2 is 1.57 bits per heavy atom. The number of hydrogen-bond acceptors (Lipinski definition) is 4. The Kier molecular flexibility index (Phi) is 8.30. The lowest BCUT2D eigenvalue weighted by Gasteiger charge is -2.20. The number of amides is 3. The van der Waals surface area contributed by atoms with Gasteiger partial charge in [-0.05, 0) is 6.42 Å². The van der Waals surface area contributed by atoms with Crippen molar-refractivity contribution in [1.82, 2.24) is 9.80 Å². The number of aliphatic hydroxyl groups is 2. The predicted octanol–water partition coefficient (Wildman–Crippen LogP) is 1.35. The lowest BCUT2D eigenvalue weighted by molar-refractivity contribution is -0.128. The molecule has 1 atom stereocenters. The monoisotopic (exact) mass is 300 g/mol. The summed E-state index contributed by atoms with van der Waals surface area (Å²) in [4.78, 5) is 26.8. The van der Waals surface area contributed by atoms with Crippen LogP contribution in [0.25, 0.3) is 0 Å². The molecule has 122 valence electrons. The van der Waals surface area contributed by atoms with Gasteiger partial charge < -0.3 is 15.1 Å². The second kappa shape index (κ2) is 9.73. The molecule has 0 saturated carbocycles. The largest absolute Gasteiger partial charge is 0.395 e. The van der Waals surface area contributed by atoms with Gasteiger partial charge in [0.05, 0.1) is 19.8 Å². The van der Waals surface area contributed by atoms with Gasteiger partial charge in [-0.3, -0.25) is 9.69 Å². The number of aliphatic hydroxyl groups excluding tert-OH is 2. The van der Waals surface area contributed by atoms with Gasteiger partial charge in [-0.2, -0.15) is 0 Å². The van der Waals surface area contributed by atoms with Crippen LogP contribution in [-0.2, 0) is 4.79 Å². The maximum Gasteiger partial charge on any atom is 0.327 e. The zero-order valence-electron chi connectivity index (χ0n) is 13.0. The minimum Gasteiger partial charge on any atom is -0.395 e. The number of urea groups is 1. The molecule has 1 heterocycles. The third-order valence-electron chi connectivity index (χ3n) is 3.90. The molecule has 0 spiro atoms. The fourth-order valence-corrected chi connectivity index (χ4v) is 2.76. The van der Waals surface area contributed by atoms with Crippen molar-refractivity contribution in [3.05, 3.63) is 0 Å². The van der Waals surface area contributed by atoms with E-state index in [4.69, 9.17) is 10.2 Å². The van der Waals surface area contributed by atoms with E-state index in [1.807, 2.05) is 0 Å². The molecule has 1 rings (SSSR count). The van der Waals surface area contributed by atoms with Gasteiger partial charge in [0.1, 0.15) is 6.04 Å². The number of β-amino-alcohol motifs (C(OH)–C–C–N with tert-alkyl or cyclic N) is 2. The summed E-state index contributed by atoms with van der Waals surface area (Å²) >= 11 is 0. The molecule has 6 nitrogen and oxygen atoms in total. The van der Waals surface area contributed by atoms with Crippen LogP contribution in [0, 0.1) is 0 Å². The molecular formula is C15H28N2O4. The summed E-state index contributed by atoms with van der Waals surface area (Å²) in [6.07, 6.45) is 7.41. The second-order valence-corrected chi connectivity index (χ2v) is 5.49. The first-order valence-electron chi connectivity index (χ1n) is 8.01. The van der Waals surface area contributed by atoms with E-state index in [9.17, 15) is 9.59 Å². The fraction of sp³-hybridized carbons (Fsp3) is 0.867. The molecule has 1 fully saturated rings. The normalized spacial score (nSPS) is 18.9. The molecule has 21 heavy (non-hydrogen) atoms. The van der Waals surface area contributed by atoms with Crippen molar-refractivity contribution in [2.45, 2.75) is 57.9 Å². The van der Waals surface area contributed by atoms with E-state index < -0.39 is 6.04 Å². The fourth-order valence-electron chi connectivity index (χ4n) is 2.76. The van der Waals surface area contributed by atoms with Crippen molar-refractivity contribution < 1.29 is 19.8 Å². The molecule has 0 aliphatic carbocycles. The van der Waals surface area contributed by atoms with Crippen LogP contribution in [0.2, 0.25) is 0 Å². The number of carbonyl (C=O) groups excluding carboxylic acids is 2. The van der Waals surface area contributed by atoms with Crippen LogP contribution in [0.3, 0.4) is 0 Å². The summed E-state index contributed by atoms with van der Waals surface area (Å²) in [7, 11) is 0. The Morgan fingerprint density at radius 3 is 2.19 bits per heavy atom. The number of carbonyl (C=O) groups is 2. The third kappa shape index (κ3) is 4.97. The molecule has 0 radical (unpaired) electrons. The van der Waals surface area contributed by atoms with Crippen LogP contribution in [0.1, 0.15) is 51.9 Å². The smallest absolute Gasteiger partial charge is 0.327 e. The zero-order valence-corrected chi connectivity index (χ0v) is 13.0. The number of nitrogens with zero attached hydrogens (tertiary/aromatic N) is 2. The van der Waals surface area contributed by atoms with E-state index in [1.54, 1.807) is 0 Å². The molecular weight excluding hydrogens is 272 g/mol. The quantitative estimate of drug-likeness (QED) is 0.446. The van der Waals surface area contributed by atoms with Gasteiger partial charge in [-0.15, -0.1) is 0 Å². The van der Waals surface area contributed by atoms with E-state index in [2.05, 4.69) is 6.92 Å². The maximum absolute atomic E-state index is 12.2. The molecule has 2 N–H and O–H groups in total. The highest BCUT2D eigenvalue weighted by atomic mass is 16.3. The van der Waals surface area contributed by atoms with Gasteiger partial charge in [0, 0.05) is 6.54 Å². The Bertz CT molecular complexity index is 336. The summed E-state index contributed by atoms with van der Waals surface area (Å²) in [5, 5.41) is 18.0. The van der Waals surface area contributed by atoms with Gasteiger partial charge in [0.2, 0.25) is 0 Å². The molecule has 1 unspecified atom stereocenters. The summed E-state index contributed by atoms with van der Waals surface area (Å²) in [6.45, 7) is 2.00. The van der Waals surface area contributed by atoms with Crippen LogP contribution >= 0.6 is 0 Å². The number of hydrogen-bond donors (Lipinski definition) is 2. The molecule has 3 amide bonds.